The number of rotatable bonds is 5. The lowest BCUT2D eigenvalue weighted by molar-refractivity contribution is -0.143. The summed E-state index contributed by atoms with van der Waals surface area (Å²) in [6, 6.07) is 0. The Bertz CT molecular complexity index is 427. The van der Waals surface area contributed by atoms with Gasteiger partial charge in [0.15, 0.2) is 0 Å². The minimum Gasteiger partial charge on any atom is -0.457 e. The van der Waals surface area contributed by atoms with Gasteiger partial charge in [-0.3, -0.25) is 4.79 Å². The fourth-order valence-electron chi connectivity index (χ4n) is 2.95. The summed E-state index contributed by atoms with van der Waals surface area (Å²) in [6.45, 7) is 12.4. The molecule has 1 rings (SSSR count). The average molecular weight is 422 g/mol. The Morgan fingerprint density at radius 1 is 1.52 bits per heavy atom. The molecule has 0 radical (unpaired) electrons. The number of hydrogen-bond acceptors (Lipinski definition) is 2. The van der Waals surface area contributed by atoms with Crippen LogP contribution in [0.2, 0.25) is 0 Å². The molecule has 0 amide bonds. The standard InChI is InChI=1S/C17H26Br2O2/c1-11-7-9-16(19)17(4,5)14(11)8-6-12(2)15(10-18)21-13(3)20/h6,14-16H,1,7-10H2,2-5H3/b12-6-/t14-,15-,16+/m1/s1. The summed E-state index contributed by atoms with van der Waals surface area (Å²) < 4.78 is 5.32. The van der Waals surface area contributed by atoms with E-state index >= 15 is 0 Å². The van der Waals surface area contributed by atoms with Crippen LogP contribution in [0.3, 0.4) is 0 Å². The first-order chi connectivity index (χ1) is 9.70. The SMILES string of the molecule is C=C1CC[C@H](Br)C(C)(C)[C@@H]1C/C=C(/C)[C@@H](CBr)OC(C)=O. The Balaban J connectivity index is 2.80. The minimum absolute atomic E-state index is 0.178. The van der Waals surface area contributed by atoms with Gasteiger partial charge in [-0.05, 0) is 43.1 Å². The van der Waals surface area contributed by atoms with Crippen LogP contribution in [0.5, 0.6) is 0 Å². The van der Waals surface area contributed by atoms with E-state index in [1.165, 1.54) is 12.5 Å². The maximum atomic E-state index is 11.1. The molecule has 0 unspecified atom stereocenters. The lowest BCUT2D eigenvalue weighted by atomic mass is 9.65. The van der Waals surface area contributed by atoms with E-state index in [0.29, 0.717) is 16.1 Å². The fourth-order valence-corrected chi connectivity index (χ4v) is 4.15. The van der Waals surface area contributed by atoms with Crippen molar-refractivity contribution < 1.29 is 9.53 Å². The Labute approximate surface area is 145 Å². The van der Waals surface area contributed by atoms with Crippen LogP contribution >= 0.6 is 31.9 Å². The molecule has 1 fully saturated rings. The molecule has 2 nitrogen and oxygen atoms in total. The maximum absolute atomic E-state index is 11.1. The largest absolute Gasteiger partial charge is 0.457 e. The van der Waals surface area contributed by atoms with Crippen LogP contribution in [-0.4, -0.2) is 22.2 Å². The van der Waals surface area contributed by atoms with Gasteiger partial charge >= 0.3 is 5.97 Å². The minimum atomic E-state index is -0.241. The highest BCUT2D eigenvalue weighted by Gasteiger charge is 2.40. The van der Waals surface area contributed by atoms with Gasteiger partial charge in [-0.25, -0.2) is 0 Å². The number of ether oxygens (including phenoxy) is 1. The van der Waals surface area contributed by atoms with Gasteiger partial charge in [0.2, 0.25) is 0 Å². The second kappa shape index (κ2) is 7.96. The average Bonchev–Trinajstić information content (AvgIpc) is 2.39. The second-order valence-electron chi connectivity index (χ2n) is 6.47. The zero-order valence-corrected chi connectivity index (χ0v) is 16.6. The molecule has 0 saturated heterocycles. The van der Waals surface area contributed by atoms with Crippen molar-refractivity contribution in [3.63, 3.8) is 0 Å². The van der Waals surface area contributed by atoms with Crippen molar-refractivity contribution in [2.45, 2.75) is 57.9 Å². The Kier molecular flexibility index (Phi) is 7.18. The van der Waals surface area contributed by atoms with Crippen molar-refractivity contribution in [2.24, 2.45) is 11.3 Å². The maximum Gasteiger partial charge on any atom is 0.303 e. The number of hydrogen-bond donors (Lipinski definition) is 0. The zero-order chi connectivity index (χ0) is 16.2. The molecule has 1 aliphatic rings. The molecule has 0 N–H and O–H groups in total. The van der Waals surface area contributed by atoms with Crippen molar-refractivity contribution >= 4 is 37.8 Å². The van der Waals surface area contributed by atoms with E-state index in [1.807, 2.05) is 6.92 Å². The van der Waals surface area contributed by atoms with Crippen LogP contribution in [-0.2, 0) is 9.53 Å². The summed E-state index contributed by atoms with van der Waals surface area (Å²) in [7, 11) is 0. The lowest BCUT2D eigenvalue weighted by Crippen LogP contribution is -2.38. The van der Waals surface area contributed by atoms with E-state index in [2.05, 4.69) is 58.4 Å². The molecular formula is C17H26Br2O2. The Morgan fingerprint density at radius 2 is 2.14 bits per heavy atom. The van der Waals surface area contributed by atoms with Crippen molar-refractivity contribution in [1.29, 1.82) is 0 Å². The van der Waals surface area contributed by atoms with E-state index in [9.17, 15) is 4.79 Å². The van der Waals surface area contributed by atoms with Crippen molar-refractivity contribution in [3.05, 3.63) is 23.8 Å². The summed E-state index contributed by atoms with van der Waals surface area (Å²) in [5.41, 5.74) is 2.63. The van der Waals surface area contributed by atoms with Gasteiger partial charge in [0.1, 0.15) is 6.10 Å². The first-order valence-corrected chi connectivity index (χ1v) is 9.45. The highest BCUT2D eigenvalue weighted by atomic mass is 79.9. The molecule has 0 aromatic rings. The number of halogens is 2. The number of alkyl halides is 2. The van der Waals surface area contributed by atoms with E-state index in [-0.39, 0.29) is 17.5 Å². The van der Waals surface area contributed by atoms with Crippen LogP contribution in [0.4, 0.5) is 0 Å². The number of carbonyl (C=O) groups excluding carboxylic acids is 1. The topological polar surface area (TPSA) is 26.3 Å². The molecule has 4 heteroatoms. The summed E-state index contributed by atoms with van der Waals surface area (Å²) in [5.74, 6) is 0.217. The van der Waals surface area contributed by atoms with E-state index in [0.717, 1.165) is 24.8 Å². The molecule has 3 atom stereocenters. The molecule has 1 aliphatic carbocycles. The lowest BCUT2D eigenvalue weighted by Gasteiger charge is -2.44. The van der Waals surface area contributed by atoms with Gasteiger partial charge in [-0.2, -0.15) is 0 Å². The Morgan fingerprint density at radius 3 is 2.67 bits per heavy atom. The molecule has 0 aromatic carbocycles. The first kappa shape index (κ1) is 19.0. The van der Waals surface area contributed by atoms with Gasteiger partial charge in [-0.15, -0.1) is 0 Å². The molecule has 0 aromatic heterocycles. The van der Waals surface area contributed by atoms with E-state index in [4.69, 9.17) is 4.74 Å². The zero-order valence-electron chi connectivity index (χ0n) is 13.4. The molecule has 0 spiro atoms. The predicted octanol–water partition coefficient (Wildman–Crippen LogP) is 5.41. The number of allylic oxidation sites excluding steroid dienone is 2. The highest BCUT2D eigenvalue weighted by molar-refractivity contribution is 9.09. The number of esters is 1. The van der Waals surface area contributed by atoms with E-state index in [1.54, 1.807) is 0 Å². The van der Waals surface area contributed by atoms with Crippen molar-refractivity contribution in [3.8, 4) is 0 Å². The first-order valence-electron chi connectivity index (χ1n) is 7.41. The van der Waals surface area contributed by atoms with Crippen molar-refractivity contribution in [2.75, 3.05) is 5.33 Å². The van der Waals surface area contributed by atoms with E-state index < -0.39 is 0 Å². The summed E-state index contributed by atoms with van der Waals surface area (Å²) in [6.07, 6.45) is 5.22. The number of carbonyl (C=O) groups is 1. The summed E-state index contributed by atoms with van der Waals surface area (Å²) >= 11 is 7.23. The van der Waals surface area contributed by atoms with Gasteiger partial charge in [0, 0.05) is 17.1 Å². The molecule has 0 bridgehead atoms. The Hall–Kier alpha value is -0.0900. The quantitative estimate of drug-likeness (QED) is 0.337. The molecular weight excluding hydrogens is 396 g/mol. The van der Waals surface area contributed by atoms with Crippen LogP contribution in [0.1, 0.15) is 47.0 Å². The predicted molar refractivity (Wildman–Crippen MR) is 96.1 cm³/mol. The second-order valence-corrected chi connectivity index (χ2v) is 8.23. The molecule has 0 heterocycles. The van der Waals surface area contributed by atoms with Crippen LogP contribution < -0.4 is 0 Å². The molecule has 120 valence electrons. The van der Waals surface area contributed by atoms with Gasteiger partial charge in [-0.1, -0.05) is 63.9 Å². The third-order valence-electron chi connectivity index (χ3n) is 4.55. The van der Waals surface area contributed by atoms with Crippen LogP contribution in [0.15, 0.2) is 23.8 Å². The third-order valence-corrected chi connectivity index (χ3v) is 6.77. The monoisotopic (exact) mass is 420 g/mol. The summed E-state index contributed by atoms with van der Waals surface area (Å²) in [4.78, 5) is 11.7. The molecule has 1 saturated carbocycles. The third kappa shape index (κ3) is 4.95. The van der Waals surface area contributed by atoms with Gasteiger partial charge in [0.05, 0.1) is 0 Å². The molecule has 0 aliphatic heterocycles. The highest BCUT2D eigenvalue weighted by Crippen LogP contribution is 2.48. The smallest absolute Gasteiger partial charge is 0.303 e. The van der Waals surface area contributed by atoms with Crippen LogP contribution in [0.25, 0.3) is 0 Å². The summed E-state index contributed by atoms with van der Waals surface area (Å²) in [5, 5.41) is 0.630. The van der Waals surface area contributed by atoms with Crippen molar-refractivity contribution in [1.82, 2.24) is 0 Å². The van der Waals surface area contributed by atoms with Gasteiger partial charge < -0.3 is 4.74 Å². The fraction of sp³-hybridized carbons (Fsp3) is 0.706. The van der Waals surface area contributed by atoms with Crippen LogP contribution in [0, 0.1) is 11.3 Å². The molecule has 21 heavy (non-hydrogen) atoms. The normalized spacial score (nSPS) is 27.3. The van der Waals surface area contributed by atoms with Gasteiger partial charge in [0.25, 0.3) is 0 Å².